The van der Waals surface area contributed by atoms with Crippen LogP contribution in [0.15, 0.2) is 60.7 Å². The summed E-state index contributed by atoms with van der Waals surface area (Å²) in [7, 11) is 4.66. The summed E-state index contributed by atoms with van der Waals surface area (Å²) in [5.74, 6) is 2.43. The van der Waals surface area contributed by atoms with E-state index in [0.717, 1.165) is 40.7 Å². The Morgan fingerprint density at radius 1 is 0.647 bits per heavy atom. The van der Waals surface area contributed by atoms with Crippen LogP contribution in [0.2, 0.25) is 0 Å². The van der Waals surface area contributed by atoms with Gasteiger partial charge in [-0.25, -0.2) is 0 Å². The van der Waals surface area contributed by atoms with Crippen LogP contribution < -0.4 is 30.4 Å². The fraction of sp³-hybridized carbons (Fsp3) is 0.325. The molecule has 0 aliphatic heterocycles. The number of Topliss-reactive ketones (excluding diaryl/α,β-unsaturated/α-hetero) is 1. The van der Waals surface area contributed by atoms with E-state index in [0.29, 0.717) is 57.5 Å². The maximum absolute atomic E-state index is 11.7. The Morgan fingerprint density at radius 2 is 1.22 bits per heavy atom. The fourth-order valence-electron chi connectivity index (χ4n) is 5.59. The lowest BCUT2D eigenvalue weighted by atomic mass is 9.97. The minimum absolute atomic E-state index is 0.00825. The Balaban J connectivity index is 0.000000277. The topological polar surface area (TPSA) is 187 Å². The zero-order valence-corrected chi connectivity index (χ0v) is 29.8. The van der Waals surface area contributed by atoms with Crippen LogP contribution in [0.1, 0.15) is 57.0 Å². The van der Waals surface area contributed by atoms with E-state index in [4.69, 9.17) is 30.4 Å². The molecule has 0 saturated heterocycles. The van der Waals surface area contributed by atoms with Crippen molar-refractivity contribution in [1.29, 1.82) is 0 Å². The van der Waals surface area contributed by atoms with Crippen LogP contribution in [0.25, 0.3) is 12.2 Å². The SMILES string of the molecule is CCOc1ccc(/C=C\c2cc(CO)c(CO)c(OC)c2)cc1N.COc1ccc(CCc2cc(CO)c(CO)c(OC)c2)cc1CC(=O)CN. The molecule has 0 bridgehead atoms. The highest BCUT2D eigenvalue weighted by atomic mass is 16.5. The van der Waals surface area contributed by atoms with Gasteiger partial charge in [-0.2, -0.15) is 0 Å². The van der Waals surface area contributed by atoms with Crippen LogP contribution >= 0.6 is 0 Å². The summed E-state index contributed by atoms with van der Waals surface area (Å²) in [6.45, 7) is 1.80. The monoisotopic (exact) mass is 702 g/mol. The number of aryl methyl sites for hydroxylation is 2. The van der Waals surface area contributed by atoms with Gasteiger partial charge in [0, 0.05) is 23.1 Å². The molecular weight excluding hydrogens is 652 g/mol. The predicted octanol–water partition coefficient (Wildman–Crippen LogP) is 4.38. The van der Waals surface area contributed by atoms with Gasteiger partial charge < -0.3 is 50.8 Å². The van der Waals surface area contributed by atoms with Gasteiger partial charge in [-0.1, -0.05) is 36.4 Å². The van der Waals surface area contributed by atoms with Gasteiger partial charge in [-0.3, -0.25) is 4.79 Å². The second kappa shape index (κ2) is 20.7. The van der Waals surface area contributed by atoms with E-state index in [1.54, 1.807) is 14.2 Å². The number of anilines is 1. The lowest BCUT2D eigenvalue weighted by Gasteiger charge is -2.14. The third-order valence-corrected chi connectivity index (χ3v) is 8.25. The van der Waals surface area contributed by atoms with Crippen molar-refractivity contribution in [1.82, 2.24) is 0 Å². The molecule has 0 aromatic heterocycles. The van der Waals surface area contributed by atoms with Gasteiger partial charge >= 0.3 is 0 Å². The molecule has 0 aliphatic carbocycles. The Labute approximate surface area is 299 Å². The number of carbonyl (C=O) groups excluding carboxylic acids is 1. The number of ketones is 1. The van der Waals surface area contributed by atoms with Crippen molar-refractivity contribution >= 4 is 23.6 Å². The highest BCUT2D eigenvalue weighted by Gasteiger charge is 2.13. The van der Waals surface area contributed by atoms with Crippen LogP contribution in [0.5, 0.6) is 23.0 Å². The first-order valence-corrected chi connectivity index (χ1v) is 16.6. The number of rotatable bonds is 17. The first kappa shape index (κ1) is 40.5. The first-order valence-electron chi connectivity index (χ1n) is 16.6. The molecule has 0 unspecified atom stereocenters. The van der Waals surface area contributed by atoms with E-state index < -0.39 is 0 Å². The van der Waals surface area contributed by atoms with Crippen LogP contribution in [-0.2, 0) is 50.5 Å². The second-order valence-electron chi connectivity index (χ2n) is 11.6. The molecule has 0 aliphatic rings. The summed E-state index contributed by atoms with van der Waals surface area (Å²) in [6.07, 6.45) is 5.55. The van der Waals surface area contributed by atoms with Crippen molar-refractivity contribution in [2.75, 3.05) is 40.2 Å². The average Bonchev–Trinajstić information content (AvgIpc) is 3.16. The number of methoxy groups -OCH3 is 3. The largest absolute Gasteiger partial charge is 0.496 e. The molecule has 0 saturated carbocycles. The second-order valence-corrected chi connectivity index (χ2v) is 11.6. The molecular formula is C40H50N2O9. The predicted molar refractivity (Wildman–Crippen MR) is 199 cm³/mol. The van der Waals surface area contributed by atoms with Gasteiger partial charge in [0.2, 0.25) is 0 Å². The van der Waals surface area contributed by atoms with Crippen molar-refractivity contribution in [3.05, 3.63) is 111 Å². The summed E-state index contributed by atoms with van der Waals surface area (Å²) in [6, 6.07) is 18.8. The standard InChI is InChI=1S/C21H27NO5.C19H23NO4/c1-26-20-6-5-14(7-16(20)10-18(25)11-22)3-4-15-8-17(12-23)19(13-24)21(9-15)27-2;1-3-24-18-7-6-13(9-17(18)20)4-5-14-8-15(11-21)16(12-22)19(10-14)23-2/h5-9,23-24H,3-4,10-13,22H2,1-2H3;4-10,21-22H,3,11-12,20H2,1-2H3/b;5-4-. The van der Waals surface area contributed by atoms with Crippen LogP contribution in [-0.4, -0.2) is 60.7 Å². The van der Waals surface area contributed by atoms with Crippen LogP contribution in [0, 0.1) is 0 Å². The molecule has 0 fully saturated rings. The van der Waals surface area contributed by atoms with E-state index in [1.807, 2.05) is 79.7 Å². The van der Waals surface area contributed by atoms with Crippen LogP contribution in [0.4, 0.5) is 5.69 Å². The maximum atomic E-state index is 11.7. The van der Waals surface area contributed by atoms with E-state index in [2.05, 4.69) is 0 Å². The summed E-state index contributed by atoms with van der Waals surface area (Å²) in [5, 5.41) is 38.0. The number of hydrogen-bond acceptors (Lipinski definition) is 11. The quantitative estimate of drug-likeness (QED) is 0.0678. The van der Waals surface area contributed by atoms with Crippen molar-refractivity contribution in [2.45, 2.75) is 52.6 Å². The van der Waals surface area contributed by atoms with Gasteiger partial charge in [-0.15, -0.1) is 0 Å². The Morgan fingerprint density at radius 3 is 1.78 bits per heavy atom. The van der Waals surface area contributed by atoms with Gasteiger partial charge in [0.25, 0.3) is 0 Å². The lowest BCUT2D eigenvalue weighted by Crippen LogP contribution is -2.16. The van der Waals surface area contributed by atoms with Crippen molar-refractivity contribution in [3.63, 3.8) is 0 Å². The van der Waals surface area contributed by atoms with Gasteiger partial charge in [0.05, 0.1) is 66.6 Å². The molecule has 4 aromatic rings. The zero-order chi connectivity index (χ0) is 37.3. The molecule has 274 valence electrons. The highest BCUT2D eigenvalue weighted by molar-refractivity contribution is 5.83. The number of nitrogens with two attached hydrogens (primary N) is 2. The molecule has 0 amide bonds. The number of carbonyl (C=O) groups is 1. The normalized spacial score (nSPS) is 10.8. The lowest BCUT2D eigenvalue weighted by molar-refractivity contribution is -0.117. The van der Waals surface area contributed by atoms with Crippen molar-refractivity contribution in [3.8, 4) is 23.0 Å². The molecule has 0 spiro atoms. The summed E-state index contributed by atoms with van der Waals surface area (Å²) in [4.78, 5) is 11.7. The van der Waals surface area contributed by atoms with Gasteiger partial charge in [0.15, 0.2) is 5.78 Å². The summed E-state index contributed by atoms with van der Waals surface area (Å²) >= 11 is 0. The van der Waals surface area contributed by atoms with Crippen LogP contribution in [0.3, 0.4) is 0 Å². The minimum Gasteiger partial charge on any atom is -0.496 e. The molecule has 4 aromatic carbocycles. The number of aliphatic hydroxyl groups excluding tert-OH is 4. The molecule has 0 radical (unpaired) electrons. The molecule has 8 N–H and O–H groups in total. The molecule has 0 heterocycles. The van der Waals surface area contributed by atoms with E-state index >= 15 is 0 Å². The molecule has 51 heavy (non-hydrogen) atoms. The highest BCUT2D eigenvalue weighted by Crippen LogP contribution is 2.29. The first-order chi connectivity index (χ1) is 24.7. The average molecular weight is 703 g/mol. The molecule has 4 rings (SSSR count). The number of ether oxygens (including phenoxy) is 4. The Hall–Kier alpha value is -4.91. The van der Waals surface area contributed by atoms with E-state index in [-0.39, 0.29) is 45.2 Å². The maximum Gasteiger partial charge on any atom is 0.150 e. The Kier molecular flexibility index (Phi) is 16.4. The van der Waals surface area contributed by atoms with E-state index in [1.165, 1.54) is 7.11 Å². The van der Waals surface area contributed by atoms with Gasteiger partial charge in [0.1, 0.15) is 23.0 Å². The van der Waals surface area contributed by atoms with Crippen molar-refractivity contribution in [2.24, 2.45) is 5.73 Å². The number of aliphatic hydroxyl groups is 4. The third-order valence-electron chi connectivity index (χ3n) is 8.25. The number of nitrogen functional groups attached to an aromatic ring is 1. The number of hydrogen-bond donors (Lipinski definition) is 6. The molecule has 11 heteroatoms. The van der Waals surface area contributed by atoms with Crippen molar-refractivity contribution < 1.29 is 44.2 Å². The zero-order valence-electron chi connectivity index (χ0n) is 29.8. The summed E-state index contributed by atoms with van der Waals surface area (Å²) in [5.41, 5.74) is 19.2. The fourth-order valence-corrected chi connectivity index (χ4v) is 5.59. The third kappa shape index (κ3) is 11.3. The summed E-state index contributed by atoms with van der Waals surface area (Å²) < 4.78 is 21.4. The number of benzene rings is 4. The van der Waals surface area contributed by atoms with E-state index in [9.17, 15) is 25.2 Å². The molecule has 11 nitrogen and oxygen atoms in total. The van der Waals surface area contributed by atoms with Gasteiger partial charge in [-0.05, 0) is 89.5 Å². The Bertz CT molecular complexity index is 1720. The molecule has 0 atom stereocenters. The minimum atomic E-state index is -0.184. The smallest absolute Gasteiger partial charge is 0.150 e.